The summed E-state index contributed by atoms with van der Waals surface area (Å²) in [6, 6.07) is 0. The second-order valence-corrected chi connectivity index (χ2v) is 29.4. The zero-order valence-corrected chi connectivity index (χ0v) is 60.6. The molecule has 0 saturated carbocycles. The molecule has 0 aromatic rings. The second kappa shape index (κ2) is 62.4. The summed E-state index contributed by atoms with van der Waals surface area (Å²) in [5.41, 5.74) is 0. The van der Waals surface area contributed by atoms with E-state index in [1.165, 1.54) is 122 Å². The van der Waals surface area contributed by atoms with Crippen molar-refractivity contribution in [3.8, 4) is 0 Å². The van der Waals surface area contributed by atoms with E-state index in [0.717, 1.165) is 133 Å². The van der Waals surface area contributed by atoms with Gasteiger partial charge in [0.1, 0.15) is 19.3 Å². The fraction of sp³-hybridized carbons (Fsp3) is 0.889. The fourth-order valence-electron chi connectivity index (χ4n) is 10.3. The molecule has 6 atom stereocenters. The van der Waals surface area contributed by atoms with Gasteiger partial charge in [0.2, 0.25) is 0 Å². The van der Waals surface area contributed by atoms with E-state index in [1.807, 2.05) is 0 Å². The number of carbonyl (C=O) groups is 4. The van der Waals surface area contributed by atoms with Gasteiger partial charge in [-0.3, -0.25) is 37.3 Å². The Labute approximate surface area is 554 Å². The highest BCUT2D eigenvalue weighted by Crippen LogP contribution is 2.45. The number of hydrogen-bond acceptors (Lipinski definition) is 15. The van der Waals surface area contributed by atoms with Crippen molar-refractivity contribution in [3.05, 3.63) is 24.3 Å². The minimum atomic E-state index is -4.96. The SMILES string of the molecule is CCCCCC/C=C\C=C/CCCCCCCC(=O)OC[C@H](COP(=O)(O)OC[C@@H](O)COP(=O)(O)OC[C@@H](COC(=O)CCCCCCCCC(C)CC)OC(=O)CCCCCCCCCCCCC(C)C)OC(=O)CCCCCCCCCCCCC(C)C. The number of hydrogen-bond donors (Lipinski definition) is 3. The molecule has 0 aliphatic carbocycles. The number of aliphatic hydroxyl groups excluding tert-OH is 1. The number of unbranched alkanes of at least 4 members (excludes halogenated alkanes) is 32. The van der Waals surface area contributed by atoms with Crippen LogP contribution in [-0.4, -0.2) is 96.7 Å². The zero-order chi connectivity index (χ0) is 67.3. The van der Waals surface area contributed by atoms with Crippen LogP contribution in [0.3, 0.4) is 0 Å². The van der Waals surface area contributed by atoms with Gasteiger partial charge in [-0.15, -0.1) is 0 Å². The van der Waals surface area contributed by atoms with Crippen LogP contribution in [0.15, 0.2) is 24.3 Å². The first-order valence-electron chi connectivity index (χ1n) is 36.7. The predicted octanol–water partition coefficient (Wildman–Crippen LogP) is 20.2. The summed E-state index contributed by atoms with van der Waals surface area (Å²) >= 11 is 0. The summed E-state index contributed by atoms with van der Waals surface area (Å²) in [6.07, 6.45) is 49.4. The van der Waals surface area contributed by atoms with Crippen LogP contribution >= 0.6 is 15.6 Å². The molecule has 0 spiro atoms. The van der Waals surface area contributed by atoms with Gasteiger partial charge >= 0.3 is 39.5 Å². The molecule has 0 radical (unpaired) electrons. The maximum absolute atomic E-state index is 13.0. The Morgan fingerprint density at radius 2 is 0.648 bits per heavy atom. The van der Waals surface area contributed by atoms with Gasteiger partial charge < -0.3 is 33.8 Å². The third-order valence-corrected chi connectivity index (χ3v) is 18.3. The number of esters is 4. The lowest BCUT2D eigenvalue weighted by atomic mass is 10.00. The minimum absolute atomic E-state index is 0.0985. The predicted molar refractivity (Wildman–Crippen MR) is 367 cm³/mol. The van der Waals surface area contributed by atoms with Crippen molar-refractivity contribution in [2.24, 2.45) is 17.8 Å². The van der Waals surface area contributed by atoms with E-state index < -0.39 is 97.5 Å². The molecule has 17 nitrogen and oxygen atoms in total. The molecule has 0 aliphatic rings. The summed E-state index contributed by atoms with van der Waals surface area (Å²) in [5, 5.41) is 10.6. The fourth-order valence-corrected chi connectivity index (χ4v) is 11.9. The van der Waals surface area contributed by atoms with E-state index in [2.05, 4.69) is 72.8 Å². The smallest absolute Gasteiger partial charge is 0.462 e. The lowest BCUT2D eigenvalue weighted by Gasteiger charge is -2.21. The Morgan fingerprint density at radius 1 is 0.363 bits per heavy atom. The van der Waals surface area contributed by atoms with Crippen LogP contribution in [0.25, 0.3) is 0 Å². The van der Waals surface area contributed by atoms with Crippen LogP contribution in [0.4, 0.5) is 0 Å². The third-order valence-electron chi connectivity index (χ3n) is 16.4. The van der Waals surface area contributed by atoms with Crippen LogP contribution in [0.2, 0.25) is 0 Å². The molecule has 0 amide bonds. The Morgan fingerprint density at radius 3 is 0.978 bits per heavy atom. The summed E-state index contributed by atoms with van der Waals surface area (Å²) in [6.45, 7) is 11.7. The average Bonchev–Trinajstić information content (AvgIpc) is 3.65. The maximum Gasteiger partial charge on any atom is 0.472 e. The van der Waals surface area contributed by atoms with E-state index in [-0.39, 0.29) is 25.7 Å². The topological polar surface area (TPSA) is 237 Å². The first-order chi connectivity index (χ1) is 43.8. The molecule has 0 rings (SSSR count). The molecule has 3 unspecified atom stereocenters. The van der Waals surface area contributed by atoms with Gasteiger partial charge in [0.15, 0.2) is 12.2 Å². The molecule has 0 bridgehead atoms. The molecule has 0 saturated heterocycles. The van der Waals surface area contributed by atoms with Crippen molar-refractivity contribution < 1.29 is 80.2 Å². The Kier molecular flexibility index (Phi) is 60.7. The van der Waals surface area contributed by atoms with Crippen LogP contribution in [0.5, 0.6) is 0 Å². The van der Waals surface area contributed by atoms with Gasteiger partial charge in [-0.25, -0.2) is 9.13 Å². The molecule has 536 valence electrons. The van der Waals surface area contributed by atoms with Gasteiger partial charge in [0.25, 0.3) is 0 Å². The van der Waals surface area contributed by atoms with Crippen molar-refractivity contribution >= 4 is 39.5 Å². The standard InChI is InChI=1S/C72H136O17P2/c1-8-10-11-12-13-14-15-16-17-18-19-26-31-39-46-53-69(74)82-59-67(88-71(76)55-48-41-32-27-22-20-24-29-36-43-50-63(3)4)61-86-90(78,79)84-57-66(73)58-85-91(80,81)87-62-68(60-83-70(75)54-47-40-35-34-38-45-52-65(7)9-2)89-72(77)56-49-42-33-28-23-21-25-30-37-44-51-64(5)6/h14-17,63-68,73H,8-13,18-62H2,1-7H3,(H,78,79)(H,80,81)/b15-14-,17-16-/t65?,66-,67-,68-/m1/s1. The highest BCUT2D eigenvalue weighted by molar-refractivity contribution is 7.47. The molecule has 0 aromatic heterocycles. The highest BCUT2D eigenvalue weighted by atomic mass is 31.2. The largest absolute Gasteiger partial charge is 0.472 e. The quantitative estimate of drug-likeness (QED) is 0.0169. The summed E-state index contributed by atoms with van der Waals surface area (Å²) in [7, 11) is -9.92. The van der Waals surface area contributed by atoms with Crippen LogP contribution in [0.1, 0.15) is 337 Å². The Balaban J connectivity index is 5.30. The van der Waals surface area contributed by atoms with Crippen LogP contribution in [0, 0.1) is 17.8 Å². The molecular weight excluding hydrogens is 1200 g/mol. The molecule has 91 heavy (non-hydrogen) atoms. The van der Waals surface area contributed by atoms with Crippen molar-refractivity contribution in [3.63, 3.8) is 0 Å². The van der Waals surface area contributed by atoms with Gasteiger partial charge in [-0.2, -0.15) is 0 Å². The lowest BCUT2D eigenvalue weighted by Crippen LogP contribution is -2.30. The number of ether oxygens (including phenoxy) is 4. The number of allylic oxidation sites excluding steroid dienone is 4. The molecule has 19 heteroatoms. The van der Waals surface area contributed by atoms with E-state index in [9.17, 15) is 43.2 Å². The molecule has 3 N–H and O–H groups in total. The molecule has 0 heterocycles. The van der Waals surface area contributed by atoms with E-state index in [4.69, 9.17) is 37.0 Å². The van der Waals surface area contributed by atoms with Crippen LogP contribution in [-0.2, 0) is 65.4 Å². The number of phosphoric acid groups is 2. The molecule has 0 aliphatic heterocycles. The summed E-state index contributed by atoms with van der Waals surface area (Å²) < 4.78 is 68.3. The van der Waals surface area contributed by atoms with Crippen molar-refractivity contribution in [1.29, 1.82) is 0 Å². The van der Waals surface area contributed by atoms with Gasteiger partial charge in [-0.1, -0.05) is 285 Å². The number of carbonyl (C=O) groups excluding carboxylic acids is 4. The minimum Gasteiger partial charge on any atom is -0.462 e. The number of rotatable bonds is 68. The molecule has 0 fully saturated rings. The highest BCUT2D eigenvalue weighted by Gasteiger charge is 2.30. The second-order valence-electron chi connectivity index (χ2n) is 26.5. The maximum atomic E-state index is 13.0. The van der Waals surface area contributed by atoms with Gasteiger partial charge in [-0.05, 0) is 69.1 Å². The normalized spacial score (nSPS) is 14.6. The average molecular weight is 1340 g/mol. The lowest BCUT2D eigenvalue weighted by molar-refractivity contribution is -0.161. The summed E-state index contributed by atoms with van der Waals surface area (Å²) in [5.74, 6) is 0.0733. The Bertz CT molecular complexity index is 1880. The monoisotopic (exact) mass is 1330 g/mol. The van der Waals surface area contributed by atoms with E-state index in [1.54, 1.807) is 0 Å². The van der Waals surface area contributed by atoms with Crippen molar-refractivity contribution in [2.45, 2.75) is 356 Å². The molecule has 0 aromatic carbocycles. The molecular formula is C72H136O17P2. The first-order valence-corrected chi connectivity index (χ1v) is 39.7. The van der Waals surface area contributed by atoms with E-state index in [0.29, 0.717) is 25.7 Å². The number of aliphatic hydroxyl groups is 1. The number of phosphoric ester groups is 2. The summed E-state index contributed by atoms with van der Waals surface area (Å²) in [4.78, 5) is 72.6. The van der Waals surface area contributed by atoms with Crippen LogP contribution < -0.4 is 0 Å². The Hall–Kier alpha value is -2.46. The van der Waals surface area contributed by atoms with E-state index >= 15 is 0 Å². The third kappa shape index (κ3) is 64.6. The van der Waals surface area contributed by atoms with Crippen molar-refractivity contribution in [1.82, 2.24) is 0 Å². The van der Waals surface area contributed by atoms with Crippen molar-refractivity contribution in [2.75, 3.05) is 39.6 Å². The zero-order valence-electron chi connectivity index (χ0n) is 58.8. The first kappa shape index (κ1) is 88.5. The van der Waals surface area contributed by atoms with Gasteiger partial charge in [0, 0.05) is 25.7 Å². The van der Waals surface area contributed by atoms with Gasteiger partial charge in [0.05, 0.1) is 26.4 Å².